The first-order chi connectivity index (χ1) is 15.3. The lowest BCUT2D eigenvalue weighted by Gasteiger charge is -2.50. The fourth-order valence-corrected chi connectivity index (χ4v) is 5.80. The number of hydrogen-bond acceptors (Lipinski definition) is 4. The molecule has 1 amide bonds. The normalized spacial score (nSPS) is 30.3. The molecule has 2 aromatic carbocycles. The summed E-state index contributed by atoms with van der Waals surface area (Å²) in [4.78, 5) is 18.1. The fraction of sp³-hybridized carbons (Fsp3) is 0.481. The molecule has 0 aliphatic carbocycles. The molecule has 4 heterocycles. The minimum Gasteiger partial charge on any atom is -0.300 e. The summed E-state index contributed by atoms with van der Waals surface area (Å²) in [6.07, 6.45) is 0.965. The van der Waals surface area contributed by atoms with Crippen LogP contribution in [0.3, 0.4) is 0 Å². The van der Waals surface area contributed by atoms with E-state index < -0.39 is 0 Å². The lowest BCUT2D eigenvalue weighted by atomic mass is 9.67. The van der Waals surface area contributed by atoms with Gasteiger partial charge in [-0.3, -0.25) is 4.79 Å². The lowest BCUT2D eigenvalue weighted by molar-refractivity contribution is 0.0945. The topological polar surface area (TPSA) is 47.9 Å². The molecule has 6 rings (SSSR count). The molecule has 0 saturated carbocycles. The van der Waals surface area contributed by atoms with Gasteiger partial charge in [0, 0.05) is 56.2 Å². The summed E-state index contributed by atoms with van der Waals surface area (Å²) in [5.74, 6) is 0.257. The smallest absolute Gasteiger partial charge is 0.271 e. The van der Waals surface area contributed by atoms with Crippen LogP contribution < -0.4 is 5.43 Å². The number of nitrogens with one attached hydrogen (secondary N) is 1. The summed E-state index contributed by atoms with van der Waals surface area (Å²) >= 11 is 0. The molecule has 5 heteroatoms. The van der Waals surface area contributed by atoms with Gasteiger partial charge in [-0.1, -0.05) is 63.2 Å². The molecular weight excluding hydrogens is 396 g/mol. The minimum absolute atomic E-state index is 0.0393. The number of fused-ring (bicyclic) bond motifs is 1. The highest BCUT2D eigenvalue weighted by Crippen LogP contribution is 2.41. The van der Waals surface area contributed by atoms with Gasteiger partial charge < -0.3 is 9.80 Å². The molecular formula is C27H34N4O. The summed E-state index contributed by atoms with van der Waals surface area (Å²) in [6, 6.07) is 18.7. The van der Waals surface area contributed by atoms with Crippen LogP contribution in [0.15, 0.2) is 59.7 Å². The molecule has 4 saturated heterocycles. The van der Waals surface area contributed by atoms with E-state index in [-0.39, 0.29) is 16.7 Å². The van der Waals surface area contributed by atoms with Crippen LogP contribution in [0.25, 0.3) is 0 Å². The third-order valence-corrected chi connectivity index (χ3v) is 7.35. The number of piperidine rings is 2. The van der Waals surface area contributed by atoms with Gasteiger partial charge in [0.25, 0.3) is 5.91 Å². The second-order valence-corrected chi connectivity index (χ2v) is 10.9. The van der Waals surface area contributed by atoms with Gasteiger partial charge in [-0.05, 0) is 35.1 Å². The molecule has 4 aliphatic rings. The van der Waals surface area contributed by atoms with Crippen LogP contribution >= 0.6 is 0 Å². The maximum atomic E-state index is 12.9. The van der Waals surface area contributed by atoms with Crippen molar-refractivity contribution < 1.29 is 4.79 Å². The molecule has 5 nitrogen and oxygen atoms in total. The van der Waals surface area contributed by atoms with Crippen LogP contribution in [-0.4, -0.2) is 60.7 Å². The molecule has 2 atom stereocenters. The zero-order chi connectivity index (χ0) is 22.3. The van der Waals surface area contributed by atoms with Gasteiger partial charge in [0.15, 0.2) is 0 Å². The summed E-state index contributed by atoms with van der Waals surface area (Å²) in [6.45, 7) is 12.9. The lowest BCUT2D eigenvalue weighted by Crippen LogP contribution is -2.62. The van der Waals surface area contributed by atoms with E-state index in [1.807, 2.05) is 24.3 Å². The van der Waals surface area contributed by atoms with Crippen LogP contribution in [0.1, 0.15) is 42.3 Å². The van der Waals surface area contributed by atoms with E-state index in [2.05, 4.69) is 66.3 Å². The number of carbonyl (C=O) groups excluding carboxylic acids is 1. The molecule has 1 N–H and O–H groups in total. The van der Waals surface area contributed by atoms with Crippen LogP contribution in [0.5, 0.6) is 0 Å². The average molecular weight is 431 g/mol. The number of amides is 1. The van der Waals surface area contributed by atoms with Crippen molar-refractivity contribution in [1.29, 1.82) is 0 Å². The molecule has 2 aromatic rings. The van der Waals surface area contributed by atoms with Crippen molar-refractivity contribution >= 4 is 11.6 Å². The van der Waals surface area contributed by atoms with Crippen molar-refractivity contribution in [3.05, 3.63) is 71.3 Å². The second kappa shape index (κ2) is 8.13. The first-order valence-electron chi connectivity index (χ1n) is 11.8. The molecule has 0 aromatic heterocycles. The highest BCUT2D eigenvalue weighted by molar-refractivity contribution is 5.98. The maximum Gasteiger partial charge on any atom is 0.271 e. The van der Waals surface area contributed by atoms with Crippen LogP contribution in [0, 0.1) is 11.3 Å². The van der Waals surface area contributed by atoms with Gasteiger partial charge >= 0.3 is 0 Å². The first kappa shape index (κ1) is 21.4. The van der Waals surface area contributed by atoms with Gasteiger partial charge in [-0.25, -0.2) is 5.43 Å². The maximum absolute atomic E-state index is 12.9. The van der Waals surface area contributed by atoms with Crippen molar-refractivity contribution in [3.8, 4) is 0 Å². The highest BCUT2D eigenvalue weighted by atomic mass is 16.2. The third-order valence-electron chi connectivity index (χ3n) is 7.35. The quantitative estimate of drug-likeness (QED) is 0.755. The molecule has 0 spiro atoms. The van der Waals surface area contributed by atoms with Crippen LogP contribution in [-0.2, 0) is 11.8 Å². The Morgan fingerprint density at radius 2 is 1.62 bits per heavy atom. The van der Waals surface area contributed by atoms with Gasteiger partial charge in [-0.2, -0.15) is 5.10 Å². The van der Waals surface area contributed by atoms with Crippen LogP contribution in [0.2, 0.25) is 0 Å². The van der Waals surface area contributed by atoms with E-state index in [4.69, 9.17) is 5.10 Å². The van der Waals surface area contributed by atoms with Gasteiger partial charge in [0.2, 0.25) is 0 Å². The number of rotatable bonds is 4. The Hall–Kier alpha value is -2.50. The third kappa shape index (κ3) is 4.12. The monoisotopic (exact) mass is 430 g/mol. The molecule has 0 radical (unpaired) electrons. The molecule has 32 heavy (non-hydrogen) atoms. The average Bonchev–Trinajstić information content (AvgIpc) is 3.00. The zero-order valence-corrected chi connectivity index (χ0v) is 19.5. The first-order valence-corrected chi connectivity index (χ1v) is 11.8. The number of carbonyl (C=O) groups is 1. The van der Waals surface area contributed by atoms with Gasteiger partial charge in [-0.15, -0.1) is 0 Å². The number of hydrogen-bond donors (Lipinski definition) is 1. The second-order valence-electron chi connectivity index (χ2n) is 10.9. The Morgan fingerprint density at radius 3 is 2.22 bits per heavy atom. The van der Waals surface area contributed by atoms with Crippen molar-refractivity contribution in [2.24, 2.45) is 16.4 Å². The van der Waals surface area contributed by atoms with Crippen LogP contribution in [0.4, 0.5) is 0 Å². The predicted octanol–water partition coefficient (Wildman–Crippen LogP) is 3.56. The Morgan fingerprint density at radius 1 is 1.00 bits per heavy atom. The van der Waals surface area contributed by atoms with E-state index >= 15 is 0 Å². The van der Waals surface area contributed by atoms with Crippen molar-refractivity contribution in [3.63, 3.8) is 0 Å². The SMILES string of the molecule is CC(C)(C)c1ccc(C(=O)N/N=C2\C3CN4CCN(C3)CC2(Cc2ccccc2)C4)cc1. The molecule has 4 fully saturated rings. The highest BCUT2D eigenvalue weighted by Gasteiger charge is 2.52. The summed E-state index contributed by atoms with van der Waals surface area (Å²) < 4.78 is 0. The number of benzene rings is 2. The molecule has 2 unspecified atom stereocenters. The number of hydrazone groups is 1. The molecule has 168 valence electrons. The zero-order valence-electron chi connectivity index (χ0n) is 19.5. The van der Waals surface area contributed by atoms with E-state index in [0.29, 0.717) is 11.5 Å². The summed E-state index contributed by atoms with van der Waals surface area (Å²) in [5.41, 5.74) is 7.38. The van der Waals surface area contributed by atoms with Gasteiger partial charge in [0.1, 0.15) is 0 Å². The van der Waals surface area contributed by atoms with Crippen molar-refractivity contribution in [2.75, 3.05) is 39.3 Å². The van der Waals surface area contributed by atoms with Crippen molar-refractivity contribution in [2.45, 2.75) is 32.6 Å². The fourth-order valence-electron chi connectivity index (χ4n) is 5.80. The molecule has 4 aliphatic heterocycles. The van der Waals surface area contributed by atoms with E-state index in [1.165, 1.54) is 16.8 Å². The Kier molecular flexibility index (Phi) is 5.42. The molecule has 4 bridgehead atoms. The van der Waals surface area contributed by atoms with E-state index in [0.717, 1.165) is 45.7 Å². The minimum atomic E-state index is -0.125. The standard InChI is InChI=1S/C27H34N4O/c1-26(2,3)23-11-9-21(10-12-23)25(32)29-28-24-22-16-30-13-14-31(17-22)19-27(24,18-30)15-20-7-5-4-6-8-20/h4-12,22H,13-19H2,1-3H3,(H,29,32)/b28-24+. The van der Waals surface area contributed by atoms with Gasteiger partial charge in [0.05, 0.1) is 5.71 Å². The Balaban J connectivity index is 1.41. The van der Waals surface area contributed by atoms with Crippen molar-refractivity contribution in [1.82, 2.24) is 15.2 Å². The summed E-state index contributed by atoms with van der Waals surface area (Å²) in [5, 5.41) is 4.84. The Bertz CT molecular complexity index is 990. The van der Waals surface area contributed by atoms with E-state index in [9.17, 15) is 4.79 Å². The van der Waals surface area contributed by atoms with E-state index in [1.54, 1.807) is 0 Å². The Labute approximate surface area is 191 Å². The predicted molar refractivity (Wildman–Crippen MR) is 129 cm³/mol. The largest absolute Gasteiger partial charge is 0.300 e. The number of nitrogens with zero attached hydrogens (tertiary/aromatic N) is 3. The summed E-state index contributed by atoms with van der Waals surface area (Å²) in [7, 11) is 0.